The van der Waals surface area contributed by atoms with E-state index in [4.69, 9.17) is 0 Å². The van der Waals surface area contributed by atoms with E-state index in [-0.39, 0.29) is 10.4 Å². The zero-order valence-electron chi connectivity index (χ0n) is 16.2. The smallest absolute Gasteiger partial charge is 0.248 e. The molecule has 0 amide bonds. The van der Waals surface area contributed by atoms with Gasteiger partial charge in [-0.3, -0.25) is 0 Å². The normalized spacial score (nSPS) is 16.4. The molecular formula is C19H22N4O4S2. The first-order valence-electron chi connectivity index (χ1n) is 9.22. The van der Waals surface area contributed by atoms with Crippen molar-refractivity contribution in [1.82, 2.24) is 14.5 Å². The van der Waals surface area contributed by atoms with Gasteiger partial charge in [0.05, 0.1) is 10.8 Å². The highest BCUT2D eigenvalue weighted by molar-refractivity contribution is 7.91. The Morgan fingerprint density at radius 2 is 1.72 bits per heavy atom. The van der Waals surface area contributed by atoms with E-state index in [0.717, 1.165) is 22.8 Å². The summed E-state index contributed by atoms with van der Waals surface area (Å²) >= 11 is 0. The third kappa shape index (κ3) is 3.86. The summed E-state index contributed by atoms with van der Waals surface area (Å²) in [5.41, 5.74) is 1.93. The number of piperidine rings is 1. The molecule has 1 aromatic carbocycles. The van der Waals surface area contributed by atoms with Crippen LogP contribution in [-0.4, -0.2) is 62.2 Å². The highest BCUT2D eigenvalue weighted by Crippen LogP contribution is 2.32. The minimum absolute atomic E-state index is 0.212. The zero-order valence-corrected chi connectivity index (χ0v) is 17.8. The third-order valence-corrected chi connectivity index (χ3v) is 7.84. The molecular weight excluding hydrogens is 412 g/mol. The van der Waals surface area contributed by atoms with Crippen molar-refractivity contribution >= 4 is 36.3 Å². The minimum atomic E-state index is -3.51. The molecule has 2 aromatic heterocycles. The fraction of sp³-hybridized carbons (Fsp3) is 0.368. The second-order valence-electron chi connectivity index (χ2n) is 7.38. The second kappa shape index (κ2) is 7.10. The molecule has 1 aliphatic heterocycles. The molecule has 3 heterocycles. The van der Waals surface area contributed by atoms with Crippen molar-refractivity contribution in [2.75, 3.05) is 30.5 Å². The summed E-state index contributed by atoms with van der Waals surface area (Å²) in [5.74, 6) is 0.475. The molecule has 1 saturated heterocycles. The maximum absolute atomic E-state index is 11.8. The van der Waals surface area contributed by atoms with Gasteiger partial charge in [0.25, 0.3) is 0 Å². The summed E-state index contributed by atoms with van der Waals surface area (Å²) in [5, 5.41) is 0.513. The first-order chi connectivity index (χ1) is 13.6. The molecule has 0 saturated carbocycles. The Kier molecular flexibility index (Phi) is 4.86. The van der Waals surface area contributed by atoms with Gasteiger partial charge in [-0.2, -0.15) is 0 Å². The minimum Gasteiger partial charge on any atom is -0.371 e. The lowest BCUT2D eigenvalue weighted by molar-refractivity contribution is 0.534. The van der Waals surface area contributed by atoms with Crippen molar-refractivity contribution in [3.05, 3.63) is 42.7 Å². The SMILES string of the molecule is CS(=O)(=O)c1nccc(-n2ccc3c(N4CCC(S(C)(=O)=O)CC4)cccc32)n1. The van der Waals surface area contributed by atoms with Gasteiger partial charge in [0.2, 0.25) is 15.0 Å². The van der Waals surface area contributed by atoms with Crippen LogP contribution in [0, 0.1) is 0 Å². The second-order valence-corrected chi connectivity index (χ2v) is 11.6. The number of nitrogens with zero attached hydrogens (tertiary/aromatic N) is 4. The Labute approximate surface area is 170 Å². The maximum Gasteiger partial charge on any atom is 0.248 e. The van der Waals surface area contributed by atoms with Crippen LogP contribution in [0.15, 0.2) is 47.9 Å². The van der Waals surface area contributed by atoms with Crippen LogP contribution >= 0.6 is 0 Å². The highest BCUT2D eigenvalue weighted by Gasteiger charge is 2.27. The lowest BCUT2D eigenvalue weighted by Gasteiger charge is -2.33. The van der Waals surface area contributed by atoms with E-state index >= 15 is 0 Å². The van der Waals surface area contributed by atoms with Crippen LogP contribution in [0.25, 0.3) is 16.7 Å². The number of rotatable bonds is 4. The first-order valence-corrected chi connectivity index (χ1v) is 13.1. The molecule has 29 heavy (non-hydrogen) atoms. The molecule has 0 aliphatic carbocycles. The van der Waals surface area contributed by atoms with Gasteiger partial charge in [0, 0.05) is 49.1 Å². The third-order valence-electron chi connectivity index (χ3n) is 5.30. The Bertz CT molecular complexity index is 1270. The van der Waals surface area contributed by atoms with Crippen LogP contribution in [0.3, 0.4) is 0 Å². The summed E-state index contributed by atoms with van der Waals surface area (Å²) in [7, 11) is -6.52. The maximum atomic E-state index is 11.8. The molecule has 8 nitrogen and oxygen atoms in total. The summed E-state index contributed by atoms with van der Waals surface area (Å²) < 4.78 is 49.1. The summed E-state index contributed by atoms with van der Waals surface area (Å²) in [6, 6.07) is 9.54. The van der Waals surface area contributed by atoms with Crippen molar-refractivity contribution < 1.29 is 16.8 Å². The average molecular weight is 435 g/mol. The van der Waals surface area contributed by atoms with Gasteiger partial charge >= 0.3 is 0 Å². The standard InChI is InChI=1S/C19H22N4O4S2/c1-28(24,25)14-7-11-22(12-8-14)16-4-3-5-17-15(16)9-13-23(17)18-6-10-20-19(21-18)29(2,26)27/h3-6,9-10,13-14H,7-8,11-12H2,1-2H3. The fourth-order valence-electron chi connectivity index (χ4n) is 3.80. The van der Waals surface area contributed by atoms with Crippen LogP contribution in [0.4, 0.5) is 5.69 Å². The van der Waals surface area contributed by atoms with E-state index in [2.05, 4.69) is 14.9 Å². The number of benzene rings is 1. The van der Waals surface area contributed by atoms with Crippen LogP contribution in [-0.2, 0) is 19.7 Å². The van der Waals surface area contributed by atoms with E-state index in [1.807, 2.05) is 35.0 Å². The number of sulfone groups is 2. The fourth-order valence-corrected chi connectivity index (χ4v) is 5.38. The van der Waals surface area contributed by atoms with E-state index in [1.165, 1.54) is 12.5 Å². The van der Waals surface area contributed by atoms with Gasteiger partial charge in [-0.1, -0.05) is 6.07 Å². The van der Waals surface area contributed by atoms with E-state index in [0.29, 0.717) is 31.7 Å². The number of hydrogen-bond donors (Lipinski definition) is 0. The van der Waals surface area contributed by atoms with E-state index in [1.54, 1.807) is 6.07 Å². The first kappa shape index (κ1) is 19.8. The Balaban J connectivity index is 1.70. The molecule has 1 fully saturated rings. The summed E-state index contributed by atoms with van der Waals surface area (Å²) in [6.07, 6.45) is 6.90. The van der Waals surface area contributed by atoms with Gasteiger partial charge in [-0.05, 0) is 37.1 Å². The predicted octanol–water partition coefficient (Wildman–Crippen LogP) is 1.84. The Morgan fingerprint density at radius 3 is 2.38 bits per heavy atom. The van der Waals surface area contributed by atoms with E-state index in [9.17, 15) is 16.8 Å². The summed E-state index contributed by atoms with van der Waals surface area (Å²) in [6.45, 7) is 1.35. The molecule has 4 rings (SSSR count). The molecule has 10 heteroatoms. The summed E-state index contributed by atoms with van der Waals surface area (Å²) in [4.78, 5) is 10.3. The molecule has 0 N–H and O–H groups in total. The molecule has 3 aromatic rings. The molecule has 0 unspecified atom stereocenters. The van der Waals surface area contributed by atoms with Crippen molar-refractivity contribution in [2.24, 2.45) is 0 Å². The van der Waals surface area contributed by atoms with Gasteiger partial charge in [-0.25, -0.2) is 26.8 Å². The Hall–Kier alpha value is -2.46. The molecule has 0 atom stereocenters. The number of anilines is 1. The van der Waals surface area contributed by atoms with E-state index < -0.39 is 19.7 Å². The number of aromatic nitrogens is 3. The van der Waals surface area contributed by atoms with Crippen molar-refractivity contribution in [3.63, 3.8) is 0 Å². The van der Waals surface area contributed by atoms with Gasteiger partial charge in [-0.15, -0.1) is 0 Å². The van der Waals surface area contributed by atoms with Gasteiger partial charge in [0.15, 0.2) is 0 Å². The topological polar surface area (TPSA) is 102 Å². The molecule has 154 valence electrons. The number of fused-ring (bicyclic) bond motifs is 1. The van der Waals surface area contributed by atoms with Crippen LogP contribution in [0.2, 0.25) is 0 Å². The van der Waals surface area contributed by atoms with Crippen LogP contribution in [0.1, 0.15) is 12.8 Å². The molecule has 0 bridgehead atoms. The number of hydrogen-bond acceptors (Lipinski definition) is 7. The Morgan fingerprint density at radius 1 is 1.00 bits per heavy atom. The lowest BCUT2D eigenvalue weighted by Crippen LogP contribution is -2.39. The predicted molar refractivity (Wildman–Crippen MR) is 112 cm³/mol. The van der Waals surface area contributed by atoms with Gasteiger partial charge in [0.1, 0.15) is 15.7 Å². The van der Waals surface area contributed by atoms with Crippen LogP contribution in [0.5, 0.6) is 0 Å². The van der Waals surface area contributed by atoms with Gasteiger partial charge < -0.3 is 9.47 Å². The van der Waals surface area contributed by atoms with Crippen molar-refractivity contribution in [3.8, 4) is 5.82 Å². The molecule has 0 spiro atoms. The monoisotopic (exact) mass is 434 g/mol. The molecule has 0 radical (unpaired) electrons. The molecule has 1 aliphatic rings. The highest BCUT2D eigenvalue weighted by atomic mass is 32.2. The lowest BCUT2D eigenvalue weighted by atomic mass is 10.1. The largest absolute Gasteiger partial charge is 0.371 e. The van der Waals surface area contributed by atoms with Crippen molar-refractivity contribution in [1.29, 1.82) is 0 Å². The average Bonchev–Trinajstić information content (AvgIpc) is 3.11. The quantitative estimate of drug-likeness (QED) is 0.577. The zero-order chi connectivity index (χ0) is 20.8. The van der Waals surface area contributed by atoms with Crippen LogP contribution < -0.4 is 4.90 Å². The van der Waals surface area contributed by atoms with Crippen molar-refractivity contribution in [2.45, 2.75) is 23.2 Å².